The lowest BCUT2D eigenvalue weighted by Crippen LogP contribution is -2.44. The minimum atomic E-state index is 0.112. The second kappa shape index (κ2) is 58.1. The normalized spacial score (nSPS) is 17.0. The van der Waals surface area contributed by atoms with Gasteiger partial charge in [0.1, 0.15) is 0 Å². The van der Waals surface area contributed by atoms with Crippen LogP contribution in [0.1, 0.15) is 410 Å². The smallest absolute Gasteiger partial charge is 0.159 e. The number of methoxy groups -OCH3 is 1. The predicted octanol–water partition coefficient (Wildman–Crippen LogP) is 30.3. The van der Waals surface area contributed by atoms with E-state index >= 15 is 0 Å². The van der Waals surface area contributed by atoms with Crippen LogP contribution in [0.2, 0.25) is 0 Å². The van der Waals surface area contributed by atoms with Crippen molar-refractivity contribution in [1.29, 1.82) is 0 Å². The fraction of sp³-hybridized carbons (Fsp3) is 0.654. The predicted molar refractivity (Wildman–Crippen MR) is 614 cm³/mol. The molecule has 6 saturated heterocycles. The first-order chi connectivity index (χ1) is 65.9. The monoisotopic (exact) mass is 1960 g/mol. The van der Waals surface area contributed by atoms with Crippen molar-refractivity contribution in [2.75, 3.05) is 99.5 Å². The van der Waals surface area contributed by atoms with Crippen molar-refractivity contribution >= 4 is 5.78 Å². The molecule has 0 spiro atoms. The highest BCUT2D eigenvalue weighted by atomic mass is 16.5. The number of aromatic nitrogens is 5. The number of nitrogens with zero attached hydrogens (tertiary/aromatic N) is 9. The summed E-state index contributed by atoms with van der Waals surface area (Å²) >= 11 is 0. The number of carbonyl (C=O) groups excluding carboxylic acids is 1. The maximum atomic E-state index is 11.0. The summed E-state index contributed by atoms with van der Waals surface area (Å²) in [5.41, 5.74) is 18.3. The Labute approximate surface area is 878 Å². The van der Waals surface area contributed by atoms with Crippen molar-refractivity contribution in [3.8, 4) is 47.4 Å². The molecule has 4 aromatic heterocycles. The molecule has 1 aliphatic carbocycles. The molecule has 0 unspecified atom stereocenters. The van der Waals surface area contributed by atoms with E-state index in [9.17, 15) is 4.79 Å². The number of pyridine rings is 2. The second-order valence-corrected chi connectivity index (χ2v) is 53.3. The molecule has 7 aliphatic rings. The molecule has 1 saturated carbocycles. The lowest BCUT2D eigenvalue weighted by Gasteiger charge is -2.41. The fourth-order valence-corrected chi connectivity index (χ4v) is 15.7. The van der Waals surface area contributed by atoms with Gasteiger partial charge in [-0.05, 0) is 330 Å². The zero-order chi connectivity index (χ0) is 108. The SMILES string of the molecule is CC(=O)c1ccc(C(C)(C)C)cc1.CC(C)(C)C#CC1(C)COC1.CC(C)(C)C#CC1CCN(C2CCC2)CC1.CC(C)(C)C#CCN1CCCCC1.CC(C)(C)c1ccc(C2(C)COC2)cc1.CC(C)(C)c1ccc(CN2CCCCC2)cc1.CN1CCC(C#CC(C)(C)C)CC1.COCc1ccc(C(C)(C)C)cn1.Cc1ccc(C(C)(C)C)cn1.Cc1cnc(C(C)(C)C)cn1.Cn1ccc(C(C)(C)C)c1. The maximum Gasteiger partial charge on any atom is 0.159 e. The Balaban J connectivity index is 0.000000329. The van der Waals surface area contributed by atoms with Gasteiger partial charge in [0.25, 0.3) is 0 Å². The summed E-state index contributed by atoms with van der Waals surface area (Å²) in [7, 11) is 5.92. The van der Waals surface area contributed by atoms with Gasteiger partial charge in [-0.2, -0.15) is 0 Å². The van der Waals surface area contributed by atoms with E-state index in [0.717, 1.165) is 73.9 Å². The molecule has 14 rings (SSSR count). The number of ether oxygens (including phenoxy) is 3. The van der Waals surface area contributed by atoms with Crippen molar-refractivity contribution in [2.24, 2.45) is 46.0 Å². The van der Waals surface area contributed by atoms with Crippen LogP contribution in [0.3, 0.4) is 0 Å². The van der Waals surface area contributed by atoms with Crippen LogP contribution in [0.5, 0.6) is 0 Å². The minimum absolute atomic E-state index is 0.112. The van der Waals surface area contributed by atoms with Gasteiger partial charge in [-0.25, -0.2) is 0 Å². The molecule has 794 valence electrons. The maximum absolute atomic E-state index is 11.0. The Morgan fingerprint density at radius 2 is 0.818 bits per heavy atom. The fourth-order valence-electron chi connectivity index (χ4n) is 15.7. The molecule has 0 radical (unpaired) electrons. The summed E-state index contributed by atoms with van der Waals surface area (Å²) in [5.74, 6) is 28.1. The van der Waals surface area contributed by atoms with Crippen LogP contribution in [0, 0.1) is 100 Å². The number of ketones is 1. The number of carbonyl (C=O) groups is 1. The van der Waals surface area contributed by atoms with Crippen molar-refractivity contribution in [1.82, 2.24) is 44.1 Å². The summed E-state index contributed by atoms with van der Waals surface area (Å²) < 4.78 is 17.5. The molecule has 0 bridgehead atoms. The molecule has 0 amide bonds. The highest BCUT2D eigenvalue weighted by Gasteiger charge is 2.36. The highest BCUT2D eigenvalue weighted by Crippen LogP contribution is 2.36. The molecule has 13 nitrogen and oxygen atoms in total. The first-order valence-corrected chi connectivity index (χ1v) is 54.2. The summed E-state index contributed by atoms with van der Waals surface area (Å²) in [6.45, 7) is 98.2. The first-order valence-electron chi connectivity index (χ1n) is 54.2. The summed E-state index contributed by atoms with van der Waals surface area (Å²) in [6.07, 6.45) is 29.5. The van der Waals surface area contributed by atoms with Gasteiger partial charge in [0.05, 0.1) is 62.1 Å². The van der Waals surface area contributed by atoms with Crippen LogP contribution >= 0.6 is 0 Å². The van der Waals surface area contributed by atoms with Crippen molar-refractivity contribution in [3.05, 3.63) is 213 Å². The van der Waals surface area contributed by atoms with Gasteiger partial charge < -0.3 is 28.6 Å². The van der Waals surface area contributed by atoms with Gasteiger partial charge >= 0.3 is 0 Å². The van der Waals surface area contributed by atoms with Gasteiger partial charge in [-0.15, -0.1) is 0 Å². The van der Waals surface area contributed by atoms with Crippen LogP contribution in [-0.2, 0) is 77.7 Å². The van der Waals surface area contributed by atoms with Crippen molar-refractivity contribution in [3.63, 3.8) is 0 Å². The van der Waals surface area contributed by atoms with Crippen LogP contribution in [0.15, 0.2) is 140 Å². The van der Waals surface area contributed by atoms with E-state index in [2.05, 4.69) is 433 Å². The Morgan fingerprint density at radius 1 is 0.406 bits per heavy atom. The molecular formula is C130H205N9O4. The lowest BCUT2D eigenvalue weighted by atomic mass is 9.79. The van der Waals surface area contributed by atoms with Crippen LogP contribution in [0.25, 0.3) is 0 Å². The number of Topliss-reactive ketones (excluding diaryl/α,β-unsaturated/α-hetero) is 1. The molecule has 143 heavy (non-hydrogen) atoms. The van der Waals surface area contributed by atoms with Crippen molar-refractivity contribution < 1.29 is 19.0 Å². The largest absolute Gasteiger partial charge is 0.379 e. The molecule has 6 aliphatic heterocycles. The quantitative estimate of drug-likeness (QED) is 0.107. The van der Waals surface area contributed by atoms with Gasteiger partial charge in [-0.3, -0.25) is 34.5 Å². The van der Waals surface area contributed by atoms with Gasteiger partial charge in [0, 0.05) is 120 Å². The lowest BCUT2D eigenvalue weighted by molar-refractivity contribution is -0.0649. The second-order valence-electron chi connectivity index (χ2n) is 53.3. The molecule has 13 heteroatoms. The summed E-state index contributed by atoms with van der Waals surface area (Å²) in [4.78, 5) is 38.1. The van der Waals surface area contributed by atoms with E-state index < -0.39 is 0 Å². The molecule has 3 aromatic carbocycles. The van der Waals surface area contributed by atoms with Gasteiger partial charge in [0.15, 0.2) is 5.78 Å². The third-order valence-electron chi connectivity index (χ3n) is 26.1. The van der Waals surface area contributed by atoms with E-state index in [4.69, 9.17) is 14.2 Å². The average Bonchev–Trinajstić information content (AvgIpc) is 0.928. The van der Waals surface area contributed by atoms with E-state index in [1.165, 1.54) is 180 Å². The number of likely N-dealkylation sites (tertiary alicyclic amines) is 4. The van der Waals surface area contributed by atoms with Crippen LogP contribution in [-0.4, -0.2) is 155 Å². The number of aryl methyl sites for hydroxylation is 3. The van der Waals surface area contributed by atoms with E-state index in [0.29, 0.717) is 23.9 Å². The molecular weight excluding hydrogens is 1750 g/mol. The zero-order valence-corrected chi connectivity index (χ0v) is 99.0. The van der Waals surface area contributed by atoms with E-state index in [-0.39, 0.29) is 70.8 Å². The van der Waals surface area contributed by atoms with Gasteiger partial charge in [-0.1, -0.05) is 304 Å². The topological polar surface area (TPSA) is 114 Å². The first kappa shape index (κ1) is 127. The Morgan fingerprint density at radius 3 is 1.15 bits per heavy atom. The van der Waals surface area contributed by atoms with E-state index in [1.54, 1.807) is 20.2 Å². The number of benzene rings is 3. The minimum Gasteiger partial charge on any atom is -0.379 e. The number of hydrogen-bond donors (Lipinski definition) is 0. The number of piperidine rings is 4. The van der Waals surface area contributed by atoms with Gasteiger partial charge in [0.2, 0.25) is 0 Å². The van der Waals surface area contributed by atoms with Crippen LogP contribution < -0.4 is 0 Å². The summed E-state index contributed by atoms with van der Waals surface area (Å²) in [6, 6.07) is 37.4. The molecule has 10 heterocycles. The average molecular weight is 1960 g/mol. The Hall–Kier alpha value is -8.05. The molecule has 7 aromatic rings. The van der Waals surface area contributed by atoms with E-state index in [1.807, 2.05) is 62.8 Å². The third kappa shape index (κ3) is 53.9. The molecule has 7 fully saturated rings. The third-order valence-corrected chi connectivity index (χ3v) is 26.1. The molecule has 0 N–H and O–H groups in total. The number of rotatable bonds is 8. The zero-order valence-electron chi connectivity index (χ0n) is 99.0. The van der Waals surface area contributed by atoms with Crippen molar-refractivity contribution in [2.45, 2.75) is 409 Å². The highest BCUT2D eigenvalue weighted by molar-refractivity contribution is 5.94. The Kier molecular flexibility index (Phi) is 51.7. The standard InChI is InChI=1S/C16H25N.C15H25N.C14H20O.2C12H21N.C12H16O.C11H17NO.C10H15N.C10H16O.C9H14N2.C9H15N/c1-16(2,3)15-9-7-14(8-10-15)13-17-11-5-4-6-12-17;1-15(2,3)10-7-13-8-11-16(12-9-13)14-5-4-6-14;1-13(2,3)11-5-7-12(8-6-11)14(4)9-15-10-14;1-12(2,3)8-5-11-6-9-13(4)10-7-11;1-12(2,3)8-7-11-13-9-5-4-6-10-13;1-9(13)10-5-7-11(8-6-10)12(2,3)4;1-11(2,3)9-5-6-10(8-13-4)12-7-9;1-8-5-6-9(7-11-8)10(2,3)4;1-9(2,3)5-6-10(4)7-11-8-10;1-7-5-11-8(6-10-7)9(2,3)4;1-9(2,3)8-5-6-10(4)7-8/h7-10H,4-6,11-13H2,1-3H3;13-14H,4-6,8-9,11-12H2,1-3H3;5-8H,9-10H2,1-4H3;11H,6-7,9-10H2,1-4H3;4-6,9-11H2,1-3H3;5-8H,1-4H3;5-7H,8H2,1-4H3;5-7H,1-4H3;7-8H2,1-4H3;5-6H,1-4H3;5-7H,1-4H3. The number of hydrogen-bond acceptors (Lipinski definition) is 12. The molecule has 0 atom stereocenters. The Bertz CT molecular complexity index is 4950. The van der Waals surface area contributed by atoms with Crippen LogP contribution in [0.4, 0.5) is 0 Å². The summed E-state index contributed by atoms with van der Waals surface area (Å²) in [5, 5.41) is 0.